The summed E-state index contributed by atoms with van der Waals surface area (Å²) in [4.78, 5) is 0. The third kappa shape index (κ3) is 2.60. The second-order valence-electron chi connectivity index (χ2n) is 2.93. The fraction of sp³-hybridized carbons (Fsp3) is 0.400. The minimum atomic E-state index is -1.25. The standard InChI is InChI=1S/C10H13BrFNO2/c1-14-6-3-7(11)10(8(12)5-13)9(4-6)15-2/h3-4,8H,5,13H2,1-2H3. The first-order chi connectivity index (χ1) is 7.13. The van der Waals surface area contributed by atoms with Crippen molar-refractivity contribution in [1.29, 1.82) is 0 Å². The van der Waals surface area contributed by atoms with Crippen molar-refractivity contribution in [2.24, 2.45) is 5.73 Å². The summed E-state index contributed by atoms with van der Waals surface area (Å²) in [7, 11) is 3.02. The summed E-state index contributed by atoms with van der Waals surface area (Å²) in [6.45, 7) is -0.0821. The molecule has 0 heterocycles. The molecule has 0 radical (unpaired) electrons. The van der Waals surface area contributed by atoms with Gasteiger partial charge in [-0.05, 0) is 6.07 Å². The fourth-order valence-electron chi connectivity index (χ4n) is 1.28. The molecule has 0 fully saturated rings. The van der Waals surface area contributed by atoms with Gasteiger partial charge >= 0.3 is 0 Å². The van der Waals surface area contributed by atoms with Crippen molar-refractivity contribution in [3.8, 4) is 11.5 Å². The molecule has 0 aliphatic heterocycles. The van der Waals surface area contributed by atoms with E-state index in [0.29, 0.717) is 21.5 Å². The van der Waals surface area contributed by atoms with Crippen LogP contribution in [-0.4, -0.2) is 20.8 Å². The molecule has 0 bridgehead atoms. The zero-order valence-electron chi connectivity index (χ0n) is 8.59. The van der Waals surface area contributed by atoms with Crippen LogP contribution in [0.1, 0.15) is 11.7 Å². The van der Waals surface area contributed by atoms with Crippen molar-refractivity contribution < 1.29 is 13.9 Å². The maximum Gasteiger partial charge on any atom is 0.142 e. The fourth-order valence-corrected chi connectivity index (χ4v) is 1.95. The van der Waals surface area contributed by atoms with E-state index in [0.717, 1.165) is 0 Å². The topological polar surface area (TPSA) is 44.5 Å². The molecule has 1 unspecified atom stereocenters. The minimum absolute atomic E-state index is 0.0821. The van der Waals surface area contributed by atoms with Gasteiger partial charge in [0.15, 0.2) is 0 Å². The average Bonchev–Trinajstić information content (AvgIpc) is 2.26. The highest BCUT2D eigenvalue weighted by atomic mass is 79.9. The first-order valence-corrected chi connectivity index (χ1v) is 5.18. The van der Waals surface area contributed by atoms with Crippen LogP contribution < -0.4 is 15.2 Å². The van der Waals surface area contributed by atoms with Crippen LogP contribution in [0.5, 0.6) is 11.5 Å². The normalized spacial score (nSPS) is 12.3. The Balaban J connectivity index is 3.24. The first-order valence-electron chi connectivity index (χ1n) is 4.39. The third-order valence-electron chi connectivity index (χ3n) is 2.04. The van der Waals surface area contributed by atoms with Gasteiger partial charge in [0.05, 0.1) is 14.2 Å². The van der Waals surface area contributed by atoms with Crippen molar-refractivity contribution >= 4 is 15.9 Å². The highest BCUT2D eigenvalue weighted by Gasteiger charge is 2.18. The summed E-state index contributed by atoms with van der Waals surface area (Å²) in [5.74, 6) is 1.03. The first kappa shape index (κ1) is 12.3. The Morgan fingerprint density at radius 2 is 2.07 bits per heavy atom. The van der Waals surface area contributed by atoms with Crippen LogP contribution in [0.2, 0.25) is 0 Å². The van der Waals surface area contributed by atoms with Crippen LogP contribution in [0.25, 0.3) is 0 Å². The van der Waals surface area contributed by atoms with E-state index < -0.39 is 6.17 Å². The van der Waals surface area contributed by atoms with Gasteiger partial charge in [0.25, 0.3) is 0 Å². The van der Waals surface area contributed by atoms with Crippen LogP contribution >= 0.6 is 15.9 Å². The monoisotopic (exact) mass is 277 g/mol. The highest BCUT2D eigenvalue weighted by molar-refractivity contribution is 9.10. The Morgan fingerprint density at radius 3 is 2.53 bits per heavy atom. The number of rotatable bonds is 4. The molecular formula is C10H13BrFNO2. The molecule has 0 aliphatic carbocycles. The van der Waals surface area contributed by atoms with Crippen molar-refractivity contribution in [1.82, 2.24) is 0 Å². The van der Waals surface area contributed by atoms with E-state index in [-0.39, 0.29) is 6.54 Å². The molecule has 1 rings (SSSR count). The maximum atomic E-state index is 13.5. The molecular weight excluding hydrogens is 265 g/mol. The Labute approximate surface area is 96.5 Å². The number of methoxy groups -OCH3 is 2. The maximum absolute atomic E-state index is 13.5. The number of nitrogens with two attached hydrogens (primary N) is 1. The van der Waals surface area contributed by atoms with Gasteiger partial charge < -0.3 is 15.2 Å². The summed E-state index contributed by atoms with van der Waals surface area (Å²) < 4.78 is 24.3. The van der Waals surface area contributed by atoms with Crippen LogP contribution in [0.4, 0.5) is 4.39 Å². The predicted molar refractivity (Wildman–Crippen MR) is 60.1 cm³/mol. The molecule has 0 saturated carbocycles. The molecule has 15 heavy (non-hydrogen) atoms. The lowest BCUT2D eigenvalue weighted by Crippen LogP contribution is -2.09. The summed E-state index contributed by atoms with van der Waals surface area (Å²) in [5, 5.41) is 0. The Hall–Kier alpha value is -0.810. The van der Waals surface area contributed by atoms with Gasteiger partial charge in [-0.15, -0.1) is 0 Å². The molecule has 1 aromatic carbocycles. The van der Waals surface area contributed by atoms with Crippen molar-refractivity contribution in [3.63, 3.8) is 0 Å². The predicted octanol–water partition coefficient (Wildman–Crippen LogP) is 2.44. The molecule has 1 aromatic rings. The Kier molecular flexibility index (Phi) is 4.35. The van der Waals surface area contributed by atoms with Crippen molar-refractivity contribution in [2.45, 2.75) is 6.17 Å². The zero-order chi connectivity index (χ0) is 11.4. The van der Waals surface area contributed by atoms with E-state index >= 15 is 0 Å². The molecule has 3 nitrogen and oxygen atoms in total. The SMILES string of the molecule is COc1cc(Br)c(C(F)CN)c(OC)c1. The van der Waals surface area contributed by atoms with E-state index in [9.17, 15) is 4.39 Å². The highest BCUT2D eigenvalue weighted by Crippen LogP contribution is 2.37. The quantitative estimate of drug-likeness (QED) is 0.920. The second kappa shape index (κ2) is 5.32. The lowest BCUT2D eigenvalue weighted by Gasteiger charge is -2.14. The van der Waals surface area contributed by atoms with Gasteiger partial charge in [-0.1, -0.05) is 15.9 Å². The number of benzene rings is 1. The lowest BCUT2D eigenvalue weighted by molar-refractivity contribution is 0.327. The smallest absolute Gasteiger partial charge is 0.142 e. The second-order valence-corrected chi connectivity index (χ2v) is 3.78. The van der Waals surface area contributed by atoms with E-state index in [1.807, 2.05) is 0 Å². The van der Waals surface area contributed by atoms with Crippen molar-refractivity contribution in [3.05, 3.63) is 22.2 Å². The molecule has 84 valence electrons. The molecule has 2 N–H and O–H groups in total. The average molecular weight is 278 g/mol. The van der Waals surface area contributed by atoms with Crippen LogP contribution in [0.3, 0.4) is 0 Å². The summed E-state index contributed by atoms with van der Waals surface area (Å²) in [5.41, 5.74) is 5.70. The molecule has 5 heteroatoms. The Bertz CT molecular complexity index is 346. The van der Waals surface area contributed by atoms with Crippen LogP contribution in [-0.2, 0) is 0 Å². The molecule has 1 atom stereocenters. The zero-order valence-corrected chi connectivity index (χ0v) is 10.2. The van der Waals surface area contributed by atoms with E-state index in [2.05, 4.69) is 15.9 Å². The molecule has 0 spiro atoms. The number of alkyl halides is 1. The number of halogens is 2. The number of ether oxygens (including phenoxy) is 2. The van der Waals surface area contributed by atoms with Gasteiger partial charge in [-0.2, -0.15) is 0 Å². The van der Waals surface area contributed by atoms with Crippen LogP contribution in [0.15, 0.2) is 16.6 Å². The molecule has 0 aliphatic rings. The molecule has 0 amide bonds. The summed E-state index contributed by atoms with van der Waals surface area (Å²) >= 11 is 3.27. The largest absolute Gasteiger partial charge is 0.497 e. The molecule has 0 saturated heterocycles. The van der Waals surface area contributed by atoms with Gasteiger partial charge in [-0.3, -0.25) is 0 Å². The van der Waals surface area contributed by atoms with Crippen LogP contribution in [0, 0.1) is 0 Å². The van der Waals surface area contributed by atoms with Crippen molar-refractivity contribution in [2.75, 3.05) is 20.8 Å². The number of hydrogen-bond acceptors (Lipinski definition) is 3. The van der Waals surface area contributed by atoms with E-state index in [1.165, 1.54) is 14.2 Å². The third-order valence-corrected chi connectivity index (χ3v) is 2.70. The number of hydrogen-bond donors (Lipinski definition) is 1. The van der Waals surface area contributed by atoms with Gasteiger partial charge in [0.2, 0.25) is 0 Å². The lowest BCUT2D eigenvalue weighted by atomic mass is 10.1. The summed E-state index contributed by atoms with van der Waals surface area (Å²) in [6, 6.07) is 3.31. The minimum Gasteiger partial charge on any atom is -0.497 e. The van der Waals surface area contributed by atoms with Gasteiger partial charge in [0, 0.05) is 22.6 Å². The summed E-state index contributed by atoms with van der Waals surface area (Å²) in [6.07, 6.45) is -1.25. The van der Waals surface area contributed by atoms with E-state index in [1.54, 1.807) is 12.1 Å². The molecule has 0 aromatic heterocycles. The van der Waals surface area contributed by atoms with Gasteiger partial charge in [-0.25, -0.2) is 4.39 Å². The Morgan fingerprint density at radius 1 is 1.40 bits per heavy atom. The van der Waals surface area contributed by atoms with E-state index in [4.69, 9.17) is 15.2 Å². The van der Waals surface area contributed by atoms with Gasteiger partial charge in [0.1, 0.15) is 17.7 Å².